The number of ether oxygens (including phenoxy) is 1. The van der Waals surface area contributed by atoms with Crippen LogP contribution in [0.15, 0.2) is 67.3 Å². The van der Waals surface area contributed by atoms with Crippen LogP contribution < -0.4 is 20.7 Å². The molecule has 14 heteroatoms. The van der Waals surface area contributed by atoms with E-state index in [9.17, 15) is 18.3 Å². The van der Waals surface area contributed by atoms with Crippen LogP contribution >= 0.6 is 0 Å². The van der Waals surface area contributed by atoms with Gasteiger partial charge in [-0.25, -0.2) is 37.5 Å². The van der Waals surface area contributed by atoms with Crippen LogP contribution in [0.3, 0.4) is 0 Å². The SMILES string of the molecule is COc1cc(F)c(-c2ccc(N3CCC[C@](NCc4ccccc4)([C@H](O)C(F)F)C3)c(Cn3cnc4c(N)ncnc43)n2)cc1F. The number of nitrogen functional groups attached to an aromatic ring is 1. The van der Waals surface area contributed by atoms with Crippen LogP contribution in [0.2, 0.25) is 0 Å². The molecule has 4 N–H and O–H groups in total. The molecule has 6 rings (SSSR count). The van der Waals surface area contributed by atoms with Gasteiger partial charge in [0.15, 0.2) is 23.0 Å². The number of nitrogens with two attached hydrogens (primary N) is 1. The highest BCUT2D eigenvalue weighted by Gasteiger charge is 2.46. The summed E-state index contributed by atoms with van der Waals surface area (Å²) in [6.45, 7) is 0.858. The molecular weight excluding hydrogens is 604 g/mol. The molecule has 0 spiro atoms. The highest BCUT2D eigenvalue weighted by molar-refractivity contribution is 5.81. The molecular formula is C32H32F4N8O2. The molecule has 1 aliphatic heterocycles. The Morgan fingerprint density at radius 2 is 1.87 bits per heavy atom. The van der Waals surface area contributed by atoms with Gasteiger partial charge in [-0.15, -0.1) is 0 Å². The van der Waals surface area contributed by atoms with Crippen molar-refractivity contribution in [2.45, 2.75) is 44.0 Å². The lowest BCUT2D eigenvalue weighted by Gasteiger charge is -2.47. The summed E-state index contributed by atoms with van der Waals surface area (Å²) in [5.74, 6) is -1.55. The van der Waals surface area contributed by atoms with Crippen molar-refractivity contribution < 1.29 is 27.4 Å². The first kappa shape index (κ1) is 31.2. The normalized spacial score (nSPS) is 17.5. The first-order chi connectivity index (χ1) is 22.2. The van der Waals surface area contributed by atoms with E-state index in [0.717, 1.165) is 17.7 Å². The number of nitrogens with zero attached hydrogens (tertiary/aromatic N) is 6. The number of halogens is 4. The van der Waals surface area contributed by atoms with Crippen LogP contribution in [0.5, 0.6) is 5.75 Å². The van der Waals surface area contributed by atoms with E-state index >= 15 is 4.39 Å². The van der Waals surface area contributed by atoms with Gasteiger partial charge in [-0.3, -0.25) is 0 Å². The van der Waals surface area contributed by atoms with Crippen LogP contribution in [0.4, 0.5) is 29.1 Å². The van der Waals surface area contributed by atoms with Crippen LogP contribution in [-0.4, -0.2) is 67.9 Å². The van der Waals surface area contributed by atoms with Crippen molar-refractivity contribution in [3.8, 4) is 17.0 Å². The van der Waals surface area contributed by atoms with E-state index in [2.05, 4.69) is 20.3 Å². The number of benzene rings is 2. The van der Waals surface area contributed by atoms with Crippen LogP contribution in [0.25, 0.3) is 22.4 Å². The standard InChI is InChI=1S/C32H32F4N8O2/c1-46-26-13-21(33)20(12-22(26)34)23-8-9-25(24(42-23)15-44-18-40-27-30(37)38-17-39-31(27)44)43-11-5-10-32(16-43,28(45)29(35)36)41-14-19-6-3-2-4-7-19/h2-4,6-9,12-13,17-18,28-29,41,45H,5,10-11,14-16H2,1H3,(H2,37,38,39)/t28-,32-/m1/s1. The molecule has 0 bridgehead atoms. The lowest BCUT2D eigenvalue weighted by atomic mass is 9.83. The Hall–Kier alpha value is -4.82. The number of pyridine rings is 1. The molecule has 2 atom stereocenters. The van der Waals surface area contributed by atoms with Crippen molar-refractivity contribution in [1.82, 2.24) is 29.8 Å². The number of rotatable bonds is 10. The van der Waals surface area contributed by atoms with E-state index in [4.69, 9.17) is 15.5 Å². The molecule has 3 aromatic heterocycles. The van der Waals surface area contributed by atoms with Gasteiger partial charge in [-0.05, 0) is 36.6 Å². The zero-order valence-electron chi connectivity index (χ0n) is 24.9. The third kappa shape index (κ3) is 6.05. The molecule has 5 aromatic rings. The topological polar surface area (TPSA) is 127 Å². The second-order valence-corrected chi connectivity index (χ2v) is 11.2. The number of aliphatic hydroxyl groups excluding tert-OH is 1. The van der Waals surface area contributed by atoms with E-state index in [-0.39, 0.29) is 42.5 Å². The minimum absolute atomic E-state index is 0.0324. The minimum Gasteiger partial charge on any atom is -0.494 e. The summed E-state index contributed by atoms with van der Waals surface area (Å²) >= 11 is 0. The van der Waals surface area contributed by atoms with E-state index in [1.54, 1.807) is 16.7 Å². The molecule has 46 heavy (non-hydrogen) atoms. The van der Waals surface area contributed by atoms with E-state index in [1.807, 2.05) is 35.2 Å². The number of alkyl halides is 2. The Labute approximate surface area is 261 Å². The molecule has 10 nitrogen and oxygen atoms in total. The average Bonchev–Trinajstić information content (AvgIpc) is 3.48. The molecule has 4 heterocycles. The third-order valence-electron chi connectivity index (χ3n) is 8.37. The molecule has 0 unspecified atom stereocenters. The van der Waals surface area contributed by atoms with Crippen molar-refractivity contribution in [3.05, 3.63) is 90.1 Å². The Balaban J connectivity index is 1.41. The number of fused-ring (bicyclic) bond motifs is 1. The molecule has 0 radical (unpaired) electrons. The number of imidazole rings is 1. The largest absolute Gasteiger partial charge is 0.494 e. The van der Waals surface area contributed by atoms with Crippen LogP contribution in [-0.2, 0) is 13.1 Å². The molecule has 1 fully saturated rings. The second kappa shape index (κ2) is 12.9. The van der Waals surface area contributed by atoms with Crippen molar-refractivity contribution in [2.24, 2.45) is 0 Å². The van der Waals surface area contributed by atoms with E-state index < -0.39 is 29.7 Å². The number of nitrogens with one attached hydrogen (secondary N) is 1. The van der Waals surface area contributed by atoms with Crippen LogP contribution in [0, 0.1) is 11.6 Å². The zero-order valence-corrected chi connectivity index (χ0v) is 24.9. The van der Waals surface area contributed by atoms with Gasteiger partial charge >= 0.3 is 0 Å². The molecule has 0 aliphatic carbocycles. The quantitative estimate of drug-likeness (QED) is 0.189. The smallest absolute Gasteiger partial charge is 0.265 e. The van der Waals surface area contributed by atoms with E-state index in [0.29, 0.717) is 41.9 Å². The first-order valence-corrected chi connectivity index (χ1v) is 14.6. The fourth-order valence-electron chi connectivity index (χ4n) is 6.00. The predicted octanol–water partition coefficient (Wildman–Crippen LogP) is 4.56. The zero-order chi connectivity index (χ0) is 32.4. The highest BCUT2D eigenvalue weighted by atomic mass is 19.3. The minimum atomic E-state index is -2.99. The average molecular weight is 637 g/mol. The van der Waals surface area contributed by atoms with Gasteiger partial charge in [0.1, 0.15) is 23.8 Å². The maximum atomic E-state index is 15.2. The van der Waals surface area contributed by atoms with Gasteiger partial charge in [0.2, 0.25) is 0 Å². The summed E-state index contributed by atoms with van der Waals surface area (Å²) in [4.78, 5) is 19.2. The second-order valence-electron chi connectivity index (χ2n) is 11.2. The summed E-state index contributed by atoms with van der Waals surface area (Å²) in [6, 6.07) is 14.5. The van der Waals surface area contributed by atoms with Gasteiger partial charge in [0, 0.05) is 31.3 Å². The summed E-state index contributed by atoms with van der Waals surface area (Å²) in [6.07, 6.45) is -1.32. The number of anilines is 2. The van der Waals surface area contributed by atoms with Gasteiger partial charge in [-0.2, -0.15) is 0 Å². The molecule has 240 valence electrons. The summed E-state index contributed by atoms with van der Waals surface area (Å²) < 4.78 is 64.7. The molecule has 1 aliphatic rings. The van der Waals surface area contributed by atoms with E-state index in [1.165, 1.54) is 19.8 Å². The predicted molar refractivity (Wildman–Crippen MR) is 164 cm³/mol. The number of aromatic nitrogens is 5. The molecule has 0 amide bonds. The van der Waals surface area contributed by atoms with Crippen LogP contribution in [0.1, 0.15) is 24.1 Å². The number of piperidine rings is 1. The maximum Gasteiger partial charge on any atom is 0.265 e. The van der Waals surface area contributed by atoms with Gasteiger partial charge in [0.25, 0.3) is 6.43 Å². The van der Waals surface area contributed by atoms with Gasteiger partial charge in [0.05, 0.1) is 42.6 Å². The number of hydrogen-bond donors (Lipinski definition) is 3. The van der Waals surface area contributed by atoms with Gasteiger partial charge in [-0.1, -0.05) is 30.3 Å². The monoisotopic (exact) mass is 636 g/mol. The Kier molecular flexibility index (Phi) is 8.73. The summed E-state index contributed by atoms with van der Waals surface area (Å²) in [5.41, 5.74) is 7.36. The lowest BCUT2D eigenvalue weighted by Crippen LogP contribution is -2.65. The molecule has 2 aromatic carbocycles. The molecule has 1 saturated heterocycles. The fourth-order valence-corrected chi connectivity index (χ4v) is 6.00. The van der Waals surface area contributed by atoms with Gasteiger partial charge < -0.3 is 30.4 Å². The highest BCUT2D eigenvalue weighted by Crippen LogP contribution is 2.35. The third-order valence-corrected chi connectivity index (χ3v) is 8.37. The number of hydrogen-bond acceptors (Lipinski definition) is 9. The summed E-state index contributed by atoms with van der Waals surface area (Å²) in [5, 5.41) is 14.1. The number of aliphatic hydroxyl groups is 1. The summed E-state index contributed by atoms with van der Waals surface area (Å²) in [7, 11) is 1.24. The van der Waals surface area contributed by atoms with Crippen molar-refractivity contribution in [1.29, 1.82) is 0 Å². The Bertz CT molecular complexity index is 1840. The Morgan fingerprint density at radius 1 is 1.07 bits per heavy atom. The molecule has 0 saturated carbocycles. The maximum absolute atomic E-state index is 15.2. The van der Waals surface area contributed by atoms with Crippen molar-refractivity contribution in [2.75, 3.05) is 30.8 Å². The lowest BCUT2D eigenvalue weighted by molar-refractivity contribution is -0.0657. The van der Waals surface area contributed by atoms with Crippen molar-refractivity contribution >= 4 is 22.7 Å². The fraction of sp³-hybridized carbons (Fsp3) is 0.312. The Morgan fingerprint density at radius 3 is 2.63 bits per heavy atom. The first-order valence-electron chi connectivity index (χ1n) is 14.6. The number of methoxy groups -OCH3 is 1. The van der Waals surface area contributed by atoms with Crippen molar-refractivity contribution in [3.63, 3.8) is 0 Å².